The molecule has 1 N–H and O–H groups in total. The number of carbonyl (C=O) groups excluding carboxylic acids is 1. The number of esters is 1. The van der Waals surface area contributed by atoms with Crippen molar-refractivity contribution in [3.8, 4) is 0 Å². The van der Waals surface area contributed by atoms with Gasteiger partial charge in [-0.1, -0.05) is 40.0 Å². The van der Waals surface area contributed by atoms with Crippen LogP contribution in [0.4, 0.5) is 0 Å². The van der Waals surface area contributed by atoms with Crippen LogP contribution in [0.3, 0.4) is 0 Å². The van der Waals surface area contributed by atoms with E-state index in [2.05, 4.69) is 6.92 Å². The van der Waals surface area contributed by atoms with Crippen LogP contribution in [0.25, 0.3) is 0 Å². The summed E-state index contributed by atoms with van der Waals surface area (Å²) >= 11 is 0. The smallest absolute Gasteiger partial charge is 0.308 e. The third kappa shape index (κ3) is 6.89. The third-order valence-corrected chi connectivity index (χ3v) is 2.03. The maximum absolute atomic E-state index is 11.0. The Balaban J connectivity index is 3.43. The molecule has 0 aliphatic carbocycles. The molecule has 0 saturated heterocycles. The molecule has 14 heavy (non-hydrogen) atoms. The van der Waals surface area contributed by atoms with E-state index in [9.17, 15) is 9.90 Å². The highest BCUT2D eigenvalue weighted by Gasteiger charge is 2.11. The number of rotatable bonds is 7. The average molecular weight is 202 g/mol. The van der Waals surface area contributed by atoms with E-state index >= 15 is 0 Å². The summed E-state index contributed by atoms with van der Waals surface area (Å²) in [6, 6.07) is 0. The van der Waals surface area contributed by atoms with Crippen molar-refractivity contribution >= 4 is 5.97 Å². The van der Waals surface area contributed by atoms with Crippen molar-refractivity contribution in [1.29, 1.82) is 0 Å². The molecule has 0 rings (SSSR count). The first-order chi connectivity index (χ1) is 6.57. The van der Waals surface area contributed by atoms with Gasteiger partial charge < -0.3 is 9.84 Å². The van der Waals surface area contributed by atoms with Crippen molar-refractivity contribution in [3.05, 3.63) is 0 Å². The lowest BCUT2D eigenvalue weighted by atomic mass is 10.1. The molecule has 0 heterocycles. The third-order valence-electron chi connectivity index (χ3n) is 2.03. The van der Waals surface area contributed by atoms with Crippen LogP contribution in [0.1, 0.15) is 46.5 Å². The van der Waals surface area contributed by atoms with Crippen LogP contribution >= 0.6 is 0 Å². The summed E-state index contributed by atoms with van der Waals surface area (Å²) in [6.45, 7) is 5.82. The largest absolute Gasteiger partial charge is 0.463 e. The van der Waals surface area contributed by atoms with Gasteiger partial charge in [-0.2, -0.15) is 0 Å². The molecule has 0 saturated carbocycles. The van der Waals surface area contributed by atoms with Crippen molar-refractivity contribution in [1.82, 2.24) is 0 Å². The topological polar surface area (TPSA) is 46.5 Å². The van der Waals surface area contributed by atoms with Gasteiger partial charge in [0.2, 0.25) is 0 Å². The monoisotopic (exact) mass is 202 g/mol. The summed E-state index contributed by atoms with van der Waals surface area (Å²) < 4.78 is 4.91. The predicted octanol–water partition coefficient (Wildman–Crippen LogP) is 2.13. The van der Waals surface area contributed by atoms with Crippen LogP contribution in [-0.4, -0.2) is 23.8 Å². The Labute approximate surface area is 86.5 Å². The number of aliphatic hydroxyl groups excluding tert-OH is 1. The molecule has 0 aromatic carbocycles. The Morgan fingerprint density at radius 1 is 1.36 bits per heavy atom. The zero-order valence-corrected chi connectivity index (χ0v) is 9.45. The maximum atomic E-state index is 11.0. The molecule has 0 bridgehead atoms. The quantitative estimate of drug-likeness (QED) is 0.508. The second kappa shape index (κ2) is 7.80. The van der Waals surface area contributed by atoms with Crippen LogP contribution in [0.15, 0.2) is 0 Å². The van der Waals surface area contributed by atoms with Gasteiger partial charge in [-0.25, -0.2) is 0 Å². The molecule has 0 spiro atoms. The first kappa shape index (κ1) is 13.4. The van der Waals surface area contributed by atoms with Crippen molar-refractivity contribution < 1.29 is 14.6 Å². The van der Waals surface area contributed by atoms with Crippen LogP contribution in [0.5, 0.6) is 0 Å². The highest BCUT2D eigenvalue weighted by atomic mass is 16.5. The molecule has 1 unspecified atom stereocenters. The average Bonchev–Trinajstić information content (AvgIpc) is 2.14. The number of hydrogen-bond donors (Lipinski definition) is 1. The van der Waals surface area contributed by atoms with Crippen LogP contribution in [0.2, 0.25) is 0 Å². The number of ether oxygens (including phenoxy) is 1. The van der Waals surface area contributed by atoms with E-state index in [0.29, 0.717) is 0 Å². The minimum absolute atomic E-state index is 0.113. The summed E-state index contributed by atoms with van der Waals surface area (Å²) in [4.78, 5) is 11.0. The Kier molecular flexibility index (Phi) is 7.48. The molecule has 84 valence electrons. The summed E-state index contributed by atoms with van der Waals surface area (Å²) in [5.74, 6) is -0.350. The molecule has 0 aliphatic heterocycles. The van der Waals surface area contributed by atoms with Gasteiger partial charge in [-0.3, -0.25) is 4.79 Å². The molecule has 0 radical (unpaired) electrons. The van der Waals surface area contributed by atoms with Gasteiger partial charge >= 0.3 is 5.97 Å². The summed E-state index contributed by atoms with van der Waals surface area (Å²) in [5.41, 5.74) is 0. The van der Waals surface area contributed by atoms with Gasteiger partial charge in [-0.15, -0.1) is 0 Å². The summed E-state index contributed by atoms with van der Waals surface area (Å²) in [6.07, 6.45) is 3.48. The van der Waals surface area contributed by atoms with Crippen LogP contribution < -0.4 is 0 Å². The summed E-state index contributed by atoms with van der Waals surface area (Å²) in [7, 11) is 0. The van der Waals surface area contributed by atoms with Gasteiger partial charge in [0.1, 0.15) is 6.61 Å². The SMILES string of the molecule is CCCCCC(O)COC(=O)C(C)C. The fourth-order valence-electron chi connectivity index (χ4n) is 1.06. The zero-order chi connectivity index (χ0) is 11.0. The molecule has 0 amide bonds. The Morgan fingerprint density at radius 2 is 2.00 bits per heavy atom. The van der Waals surface area contributed by atoms with E-state index in [4.69, 9.17) is 4.74 Å². The summed E-state index contributed by atoms with van der Waals surface area (Å²) in [5, 5.41) is 9.43. The second-order valence-electron chi connectivity index (χ2n) is 3.93. The van der Waals surface area contributed by atoms with Gasteiger partial charge in [0.25, 0.3) is 0 Å². The van der Waals surface area contributed by atoms with E-state index in [1.54, 1.807) is 13.8 Å². The van der Waals surface area contributed by atoms with Crippen molar-refractivity contribution in [2.24, 2.45) is 5.92 Å². The second-order valence-corrected chi connectivity index (χ2v) is 3.93. The zero-order valence-electron chi connectivity index (χ0n) is 9.45. The van der Waals surface area contributed by atoms with Gasteiger partial charge in [0.15, 0.2) is 0 Å². The lowest BCUT2D eigenvalue weighted by Crippen LogP contribution is -2.21. The van der Waals surface area contributed by atoms with E-state index in [0.717, 1.165) is 25.7 Å². The van der Waals surface area contributed by atoms with E-state index < -0.39 is 6.10 Å². The Hall–Kier alpha value is -0.570. The maximum Gasteiger partial charge on any atom is 0.308 e. The standard InChI is InChI=1S/C11H22O3/c1-4-5-6-7-10(12)8-14-11(13)9(2)3/h9-10,12H,4-8H2,1-3H3. The molecular weight excluding hydrogens is 180 g/mol. The van der Waals surface area contributed by atoms with Crippen molar-refractivity contribution in [2.75, 3.05) is 6.61 Å². The molecule has 3 heteroatoms. The first-order valence-electron chi connectivity index (χ1n) is 5.42. The predicted molar refractivity (Wildman–Crippen MR) is 55.9 cm³/mol. The van der Waals surface area contributed by atoms with Gasteiger partial charge in [0.05, 0.1) is 12.0 Å². The number of hydrogen-bond acceptors (Lipinski definition) is 3. The van der Waals surface area contributed by atoms with Crippen molar-refractivity contribution in [2.45, 2.75) is 52.6 Å². The van der Waals surface area contributed by atoms with Gasteiger partial charge in [-0.05, 0) is 6.42 Å². The Morgan fingerprint density at radius 3 is 2.50 bits per heavy atom. The van der Waals surface area contributed by atoms with Gasteiger partial charge in [0, 0.05) is 0 Å². The van der Waals surface area contributed by atoms with Crippen molar-refractivity contribution in [3.63, 3.8) is 0 Å². The fourth-order valence-corrected chi connectivity index (χ4v) is 1.06. The molecule has 0 aromatic heterocycles. The molecule has 0 aliphatic rings. The van der Waals surface area contributed by atoms with E-state index in [-0.39, 0.29) is 18.5 Å². The highest BCUT2D eigenvalue weighted by Crippen LogP contribution is 2.04. The molecule has 1 atom stereocenters. The van der Waals surface area contributed by atoms with Crippen LogP contribution in [0, 0.1) is 5.92 Å². The van der Waals surface area contributed by atoms with E-state index in [1.807, 2.05) is 0 Å². The molecule has 0 fully saturated rings. The minimum Gasteiger partial charge on any atom is -0.463 e. The molecular formula is C11H22O3. The first-order valence-corrected chi connectivity index (χ1v) is 5.42. The normalized spacial score (nSPS) is 12.9. The number of aliphatic hydroxyl groups is 1. The Bertz CT molecular complexity index is 155. The number of unbranched alkanes of at least 4 members (excludes halogenated alkanes) is 2. The fraction of sp³-hybridized carbons (Fsp3) is 0.909. The minimum atomic E-state index is -0.496. The lowest BCUT2D eigenvalue weighted by Gasteiger charge is -2.12. The van der Waals surface area contributed by atoms with Crippen LogP contribution in [-0.2, 0) is 9.53 Å². The molecule has 3 nitrogen and oxygen atoms in total. The highest BCUT2D eigenvalue weighted by molar-refractivity contribution is 5.71. The number of carbonyl (C=O) groups is 1. The van der Waals surface area contributed by atoms with E-state index in [1.165, 1.54) is 0 Å². The lowest BCUT2D eigenvalue weighted by molar-refractivity contribution is -0.150. The molecule has 0 aromatic rings.